The molecule has 13 heavy (non-hydrogen) atoms. The fraction of sp³-hybridized carbons (Fsp3) is 0.625. The third kappa shape index (κ3) is 2.18. The summed E-state index contributed by atoms with van der Waals surface area (Å²) in [6, 6.07) is 1.26. The third-order valence-electron chi connectivity index (χ3n) is 1.94. The van der Waals surface area contributed by atoms with Crippen LogP contribution in [-0.4, -0.2) is 9.78 Å². The molecular formula is C8H11ClF2N2. The van der Waals surface area contributed by atoms with E-state index in [0.29, 0.717) is 0 Å². The summed E-state index contributed by atoms with van der Waals surface area (Å²) in [7, 11) is 0. The van der Waals surface area contributed by atoms with Crippen LogP contribution in [0.5, 0.6) is 0 Å². The number of hydrogen-bond donors (Lipinski definition) is 0. The van der Waals surface area contributed by atoms with Crippen LogP contribution in [0.4, 0.5) is 8.78 Å². The first-order valence-electron chi connectivity index (χ1n) is 4.09. The fourth-order valence-electron chi connectivity index (χ4n) is 0.978. The molecule has 0 saturated carbocycles. The minimum absolute atomic E-state index is 0.0556. The van der Waals surface area contributed by atoms with Gasteiger partial charge in [-0.25, -0.2) is 8.78 Å². The van der Waals surface area contributed by atoms with Crippen LogP contribution in [0.15, 0.2) is 6.07 Å². The van der Waals surface area contributed by atoms with E-state index in [1.54, 1.807) is 0 Å². The second-order valence-electron chi connectivity index (χ2n) is 2.89. The molecule has 1 rings (SSSR count). The molecule has 0 N–H and O–H groups in total. The van der Waals surface area contributed by atoms with Crippen LogP contribution in [0.1, 0.15) is 38.4 Å². The molecule has 0 radical (unpaired) electrons. The molecule has 74 valence electrons. The maximum absolute atomic E-state index is 12.2. The summed E-state index contributed by atoms with van der Waals surface area (Å²) < 4.78 is 25.8. The van der Waals surface area contributed by atoms with Crippen molar-refractivity contribution in [2.45, 2.75) is 32.7 Å². The number of nitrogens with zero attached hydrogens (tertiary/aromatic N) is 2. The molecule has 0 aliphatic carbocycles. The molecule has 1 aromatic heterocycles. The van der Waals surface area contributed by atoms with Gasteiger partial charge in [-0.2, -0.15) is 5.10 Å². The molecule has 2 nitrogen and oxygen atoms in total. The van der Waals surface area contributed by atoms with Crippen molar-refractivity contribution in [1.82, 2.24) is 9.78 Å². The second kappa shape index (κ2) is 4.05. The maximum Gasteiger partial charge on any atom is 0.282 e. The van der Waals surface area contributed by atoms with Crippen LogP contribution in [0.3, 0.4) is 0 Å². The van der Waals surface area contributed by atoms with Crippen LogP contribution < -0.4 is 0 Å². The number of aromatic nitrogens is 2. The van der Waals surface area contributed by atoms with E-state index in [-0.39, 0.29) is 16.9 Å². The van der Waals surface area contributed by atoms with E-state index in [1.807, 2.05) is 13.8 Å². The predicted octanol–water partition coefficient (Wildman–Crippen LogP) is 3.45. The van der Waals surface area contributed by atoms with Gasteiger partial charge in [0.1, 0.15) is 10.8 Å². The lowest BCUT2D eigenvalue weighted by Crippen LogP contribution is -2.06. The first kappa shape index (κ1) is 10.4. The summed E-state index contributed by atoms with van der Waals surface area (Å²) in [4.78, 5) is 0. The third-order valence-corrected chi connectivity index (χ3v) is 2.22. The molecule has 5 heteroatoms. The highest BCUT2D eigenvalue weighted by Crippen LogP contribution is 2.24. The van der Waals surface area contributed by atoms with Crippen molar-refractivity contribution in [2.24, 2.45) is 0 Å². The summed E-state index contributed by atoms with van der Waals surface area (Å²) in [5, 5.41) is 3.98. The topological polar surface area (TPSA) is 17.8 Å². The highest BCUT2D eigenvalue weighted by Gasteiger charge is 2.16. The number of hydrogen-bond acceptors (Lipinski definition) is 1. The Bertz CT molecular complexity index is 286. The Hall–Kier alpha value is -0.640. The monoisotopic (exact) mass is 208 g/mol. The molecule has 1 heterocycles. The largest absolute Gasteiger partial charge is 0.282 e. The first-order valence-corrected chi connectivity index (χ1v) is 4.47. The number of halogens is 3. The first-order chi connectivity index (χ1) is 6.06. The van der Waals surface area contributed by atoms with Crippen molar-refractivity contribution >= 4 is 11.6 Å². The average molecular weight is 209 g/mol. The molecular weight excluding hydrogens is 198 g/mol. The Labute approximate surface area is 80.5 Å². The van der Waals surface area contributed by atoms with Gasteiger partial charge < -0.3 is 0 Å². The van der Waals surface area contributed by atoms with Gasteiger partial charge in [0.2, 0.25) is 0 Å². The lowest BCUT2D eigenvalue weighted by molar-refractivity contribution is 0.144. The van der Waals surface area contributed by atoms with E-state index in [2.05, 4.69) is 5.10 Å². The fourth-order valence-corrected chi connectivity index (χ4v) is 1.29. The minimum Gasteiger partial charge on any atom is -0.251 e. The molecule has 1 unspecified atom stereocenters. The minimum atomic E-state index is -2.55. The molecule has 0 amide bonds. The molecule has 0 bridgehead atoms. The lowest BCUT2D eigenvalue weighted by atomic mass is 10.3. The molecule has 0 fully saturated rings. The van der Waals surface area contributed by atoms with Crippen LogP contribution >= 0.6 is 11.6 Å². The predicted molar refractivity (Wildman–Crippen MR) is 47.2 cm³/mol. The molecule has 1 atom stereocenters. The van der Waals surface area contributed by atoms with Crippen LogP contribution in [0.25, 0.3) is 0 Å². The molecule has 0 spiro atoms. The van der Waals surface area contributed by atoms with E-state index in [0.717, 1.165) is 6.42 Å². The number of alkyl halides is 2. The molecule has 0 saturated heterocycles. The zero-order valence-electron chi connectivity index (χ0n) is 7.47. The molecule has 1 aromatic rings. The van der Waals surface area contributed by atoms with E-state index < -0.39 is 6.43 Å². The smallest absolute Gasteiger partial charge is 0.251 e. The summed E-state index contributed by atoms with van der Waals surface area (Å²) in [5.74, 6) is 0. The van der Waals surface area contributed by atoms with Crippen LogP contribution in [0.2, 0.25) is 5.15 Å². The Morgan fingerprint density at radius 3 is 2.62 bits per heavy atom. The van der Waals surface area contributed by atoms with Gasteiger partial charge in [0.15, 0.2) is 0 Å². The normalized spacial score (nSPS) is 13.7. The summed E-state index contributed by atoms with van der Waals surface area (Å²) in [6.07, 6.45) is -1.74. The van der Waals surface area contributed by atoms with Gasteiger partial charge >= 0.3 is 0 Å². The molecule has 0 aliphatic heterocycles. The van der Waals surface area contributed by atoms with Gasteiger partial charge in [-0.1, -0.05) is 18.5 Å². The van der Waals surface area contributed by atoms with Crippen molar-refractivity contribution in [1.29, 1.82) is 0 Å². The zero-order chi connectivity index (χ0) is 10.0. The van der Waals surface area contributed by atoms with Crippen molar-refractivity contribution in [3.05, 3.63) is 16.9 Å². The zero-order valence-corrected chi connectivity index (χ0v) is 8.22. The van der Waals surface area contributed by atoms with E-state index in [9.17, 15) is 8.78 Å². The Morgan fingerprint density at radius 1 is 1.62 bits per heavy atom. The SMILES string of the molecule is CCC(C)n1nc(C(F)F)cc1Cl. The Kier molecular flexibility index (Phi) is 3.25. The summed E-state index contributed by atoms with van der Waals surface area (Å²) in [5.41, 5.74) is -0.259. The van der Waals surface area contributed by atoms with Crippen molar-refractivity contribution in [3.8, 4) is 0 Å². The van der Waals surface area contributed by atoms with Gasteiger partial charge in [0.05, 0.1) is 6.04 Å². The van der Waals surface area contributed by atoms with Gasteiger partial charge in [0.25, 0.3) is 6.43 Å². The molecule has 0 aliphatic rings. The Morgan fingerprint density at radius 2 is 2.23 bits per heavy atom. The van der Waals surface area contributed by atoms with Crippen LogP contribution in [-0.2, 0) is 0 Å². The van der Waals surface area contributed by atoms with E-state index >= 15 is 0 Å². The summed E-state index contributed by atoms with van der Waals surface area (Å²) >= 11 is 5.73. The van der Waals surface area contributed by atoms with E-state index in [4.69, 9.17) is 11.6 Å². The highest BCUT2D eigenvalue weighted by molar-refractivity contribution is 6.29. The Balaban J connectivity index is 2.96. The maximum atomic E-state index is 12.2. The average Bonchev–Trinajstić information content (AvgIpc) is 2.46. The second-order valence-corrected chi connectivity index (χ2v) is 3.28. The lowest BCUT2D eigenvalue weighted by Gasteiger charge is -2.09. The van der Waals surface area contributed by atoms with Crippen molar-refractivity contribution in [2.75, 3.05) is 0 Å². The van der Waals surface area contributed by atoms with Gasteiger partial charge in [0, 0.05) is 6.07 Å². The van der Waals surface area contributed by atoms with Gasteiger partial charge in [-0.15, -0.1) is 0 Å². The van der Waals surface area contributed by atoms with Gasteiger partial charge in [-0.05, 0) is 13.3 Å². The number of rotatable bonds is 3. The standard InChI is InChI=1S/C8H11ClF2N2/c1-3-5(2)13-7(9)4-6(12-13)8(10)11/h4-5,8H,3H2,1-2H3. The van der Waals surface area contributed by atoms with Crippen molar-refractivity contribution in [3.63, 3.8) is 0 Å². The highest BCUT2D eigenvalue weighted by atomic mass is 35.5. The van der Waals surface area contributed by atoms with E-state index in [1.165, 1.54) is 10.7 Å². The van der Waals surface area contributed by atoms with Crippen molar-refractivity contribution < 1.29 is 8.78 Å². The van der Waals surface area contributed by atoms with Crippen LogP contribution in [0, 0.1) is 0 Å². The molecule has 0 aromatic carbocycles. The summed E-state index contributed by atoms with van der Waals surface area (Å²) in [6.45, 7) is 3.83. The van der Waals surface area contributed by atoms with Gasteiger partial charge in [-0.3, -0.25) is 4.68 Å². The quantitative estimate of drug-likeness (QED) is 0.744.